The second-order valence-electron chi connectivity index (χ2n) is 2.09. The molecular formula is C7H5BrN2O. The third kappa shape index (κ3) is 1.14. The zero-order valence-corrected chi connectivity index (χ0v) is 7.21. The summed E-state index contributed by atoms with van der Waals surface area (Å²) in [4.78, 5) is 8.25. The highest BCUT2D eigenvalue weighted by Gasteiger charge is 1.99. The molecular weight excluding hydrogens is 208 g/mol. The summed E-state index contributed by atoms with van der Waals surface area (Å²) in [7, 11) is 0. The second kappa shape index (κ2) is 2.62. The van der Waals surface area contributed by atoms with Crippen molar-refractivity contribution in [3.8, 4) is 0 Å². The summed E-state index contributed by atoms with van der Waals surface area (Å²) in [6, 6.07) is 1.82. The van der Waals surface area contributed by atoms with Crippen molar-refractivity contribution in [1.82, 2.24) is 9.97 Å². The molecule has 0 aliphatic heterocycles. The van der Waals surface area contributed by atoms with E-state index in [9.17, 15) is 0 Å². The van der Waals surface area contributed by atoms with Crippen LogP contribution in [0.4, 0.5) is 0 Å². The molecule has 0 saturated heterocycles. The number of furan rings is 1. The second-order valence-corrected chi connectivity index (χ2v) is 2.65. The molecule has 3 nitrogen and oxygen atoms in total. The van der Waals surface area contributed by atoms with Gasteiger partial charge in [-0.2, -0.15) is 0 Å². The first-order chi connectivity index (χ1) is 5.40. The molecule has 0 atom stereocenters. The van der Waals surface area contributed by atoms with Gasteiger partial charge < -0.3 is 4.42 Å². The van der Waals surface area contributed by atoms with Crippen LogP contribution in [-0.2, 0) is 5.33 Å². The minimum absolute atomic E-state index is 0.675. The maximum atomic E-state index is 5.08. The lowest BCUT2D eigenvalue weighted by Gasteiger charge is -1.91. The maximum Gasteiger partial charge on any atom is 0.170 e. The van der Waals surface area contributed by atoms with E-state index in [1.807, 2.05) is 6.07 Å². The highest BCUT2D eigenvalue weighted by molar-refractivity contribution is 9.08. The first-order valence-corrected chi connectivity index (χ1v) is 4.27. The molecule has 0 aromatic carbocycles. The van der Waals surface area contributed by atoms with E-state index in [0.29, 0.717) is 5.33 Å². The largest absolute Gasteiger partial charge is 0.461 e. The highest BCUT2D eigenvalue weighted by atomic mass is 79.9. The van der Waals surface area contributed by atoms with Crippen molar-refractivity contribution in [2.45, 2.75) is 5.33 Å². The van der Waals surface area contributed by atoms with Crippen molar-refractivity contribution in [1.29, 1.82) is 0 Å². The van der Waals surface area contributed by atoms with Crippen molar-refractivity contribution >= 4 is 27.0 Å². The molecule has 0 radical (unpaired) electrons. The lowest BCUT2D eigenvalue weighted by molar-refractivity contribution is 0.613. The van der Waals surface area contributed by atoms with E-state index in [1.54, 1.807) is 12.5 Å². The average molecular weight is 213 g/mol. The van der Waals surface area contributed by atoms with Gasteiger partial charge in [0.25, 0.3) is 0 Å². The van der Waals surface area contributed by atoms with Gasteiger partial charge in [0.2, 0.25) is 0 Å². The summed E-state index contributed by atoms with van der Waals surface area (Å²) < 4.78 is 5.08. The summed E-state index contributed by atoms with van der Waals surface area (Å²) in [6.07, 6.45) is 3.29. The average Bonchev–Trinajstić information content (AvgIpc) is 2.50. The zero-order valence-electron chi connectivity index (χ0n) is 5.62. The molecule has 0 amide bonds. The molecule has 0 fully saturated rings. The number of alkyl halides is 1. The van der Waals surface area contributed by atoms with Crippen molar-refractivity contribution in [2.24, 2.45) is 0 Å². The first kappa shape index (κ1) is 6.79. The summed E-state index contributed by atoms with van der Waals surface area (Å²) in [5.74, 6) is 0.777. The Labute approximate surface area is 71.6 Å². The third-order valence-electron chi connectivity index (χ3n) is 1.37. The molecule has 0 unspecified atom stereocenters. The quantitative estimate of drug-likeness (QED) is 0.681. The first-order valence-electron chi connectivity index (χ1n) is 3.15. The fourth-order valence-corrected chi connectivity index (χ4v) is 1.14. The summed E-state index contributed by atoms with van der Waals surface area (Å²) >= 11 is 3.28. The van der Waals surface area contributed by atoms with Crippen LogP contribution in [0, 0.1) is 0 Å². The topological polar surface area (TPSA) is 38.9 Å². The lowest BCUT2D eigenvalue weighted by atomic mass is 10.4. The van der Waals surface area contributed by atoms with E-state index in [-0.39, 0.29) is 0 Å². The maximum absolute atomic E-state index is 5.08. The molecule has 56 valence electrons. The molecule has 2 aromatic heterocycles. The molecule has 11 heavy (non-hydrogen) atoms. The predicted octanol–water partition coefficient (Wildman–Crippen LogP) is 2.12. The summed E-state index contributed by atoms with van der Waals surface area (Å²) in [5.41, 5.74) is 1.59. The number of nitrogens with zero attached hydrogens (tertiary/aromatic N) is 2. The van der Waals surface area contributed by atoms with Gasteiger partial charge in [-0.25, -0.2) is 9.97 Å². The van der Waals surface area contributed by atoms with Gasteiger partial charge in [0.05, 0.1) is 17.8 Å². The Kier molecular flexibility index (Phi) is 1.62. The number of hydrogen-bond donors (Lipinski definition) is 0. The van der Waals surface area contributed by atoms with Crippen LogP contribution in [0.5, 0.6) is 0 Å². The third-order valence-corrected chi connectivity index (χ3v) is 1.87. The SMILES string of the molecule is BrCc1ncc2occc2n1. The zero-order chi connectivity index (χ0) is 7.68. The fourth-order valence-electron chi connectivity index (χ4n) is 0.869. The Morgan fingerprint density at radius 3 is 3.27 bits per heavy atom. The van der Waals surface area contributed by atoms with Gasteiger partial charge >= 0.3 is 0 Å². The Morgan fingerprint density at radius 1 is 1.55 bits per heavy atom. The molecule has 2 rings (SSSR count). The van der Waals surface area contributed by atoms with Crippen molar-refractivity contribution in [2.75, 3.05) is 0 Å². The molecule has 2 aromatic rings. The molecule has 0 saturated carbocycles. The van der Waals surface area contributed by atoms with E-state index >= 15 is 0 Å². The van der Waals surface area contributed by atoms with E-state index in [0.717, 1.165) is 16.9 Å². The Morgan fingerprint density at radius 2 is 2.45 bits per heavy atom. The molecule has 0 spiro atoms. The van der Waals surface area contributed by atoms with Crippen LogP contribution in [0.1, 0.15) is 5.82 Å². The van der Waals surface area contributed by atoms with Crippen LogP contribution >= 0.6 is 15.9 Å². The molecule has 0 N–H and O–H groups in total. The van der Waals surface area contributed by atoms with E-state index in [2.05, 4.69) is 25.9 Å². The van der Waals surface area contributed by atoms with Crippen molar-refractivity contribution in [3.05, 3.63) is 24.4 Å². The van der Waals surface area contributed by atoms with Crippen LogP contribution in [0.15, 0.2) is 22.9 Å². The van der Waals surface area contributed by atoms with Crippen LogP contribution in [0.2, 0.25) is 0 Å². The van der Waals surface area contributed by atoms with Gasteiger partial charge in [-0.05, 0) is 0 Å². The number of halogens is 1. The van der Waals surface area contributed by atoms with Gasteiger partial charge in [-0.15, -0.1) is 0 Å². The lowest BCUT2D eigenvalue weighted by Crippen LogP contribution is -1.88. The standard InChI is InChI=1S/C7H5BrN2O/c8-3-7-9-4-6-5(10-7)1-2-11-6/h1-2,4H,3H2. The summed E-state index contributed by atoms with van der Waals surface area (Å²) in [6.45, 7) is 0. The van der Waals surface area contributed by atoms with E-state index in [4.69, 9.17) is 4.42 Å². The number of hydrogen-bond acceptors (Lipinski definition) is 3. The Hall–Kier alpha value is -0.900. The minimum atomic E-state index is 0.675. The van der Waals surface area contributed by atoms with Gasteiger partial charge in [-0.3, -0.25) is 0 Å². The molecule has 0 bridgehead atoms. The smallest absolute Gasteiger partial charge is 0.170 e. The van der Waals surface area contributed by atoms with E-state index in [1.165, 1.54) is 0 Å². The van der Waals surface area contributed by atoms with Crippen LogP contribution in [-0.4, -0.2) is 9.97 Å². The van der Waals surface area contributed by atoms with Crippen LogP contribution < -0.4 is 0 Å². The molecule has 0 aliphatic carbocycles. The van der Waals surface area contributed by atoms with Gasteiger partial charge in [0, 0.05) is 6.07 Å². The Bertz CT molecular complexity index is 371. The Balaban J connectivity index is 2.67. The summed E-state index contributed by atoms with van der Waals surface area (Å²) in [5, 5.41) is 0.675. The van der Waals surface area contributed by atoms with E-state index < -0.39 is 0 Å². The van der Waals surface area contributed by atoms with Crippen LogP contribution in [0.3, 0.4) is 0 Å². The van der Waals surface area contributed by atoms with Gasteiger partial charge in [0.1, 0.15) is 11.3 Å². The number of rotatable bonds is 1. The predicted molar refractivity (Wildman–Crippen MR) is 44.4 cm³/mol. The fraction of sp³-hybridized carbons (Fsp3) is 0.143. The highest BCUT2D eigenvalue weighted by Crippen LogP contribution is 2.11. The normalized spacial score (nSPS) is 10.6. The van der Waals surface area contributed by atoms with Crippen molar-refractivity contribution in [3.63, 3.8) is 0 Å². The molecule has 0 aliphatic rings. The van der Waals surface area contributed by atoms with Gasteiger partial charge in [-0.1, -0.05) is 15.9 Å². The molecule has 4 heteroatoms. The number of aromatic nitrogens is 2. The monoisotopic (exact) mass is 212 g/mol. The number of fused-ring (bicyclic) bond motifs is 1. The minimum Gasteiger partial charge on any atom is -0.461 e. The van der Waals surface area contributed by atoms with Gasteiger partial charge in [0.15, 0.2) is 5.58 Å². The van der Waals surface area contributed by atoms with Crippen molar-refractivity contribution < 1.29 is 4.42 Å². The van der Waals surface area contributed by atoms with Crippen LogP contribution in [0.25, 0.3) is 11.1 Å². The molecule has 2 heterocycles.